The number of thioether (sulfide) groups is 1. The summed E-state index contributed by atoms with van der Waals surface area (Å²) in [5.41, 5.74) is 2.64. The van der Waals surface area contributed by atoms with Crippen molar-refractivity contribution in [3.63, 3.8) is 0 Å². The minimum Gasteiger partial charge on any atom is -0.462 e. The number of benzene rings is 1. The minimum atomic E-state index is -0.119. The molecular weight excluding hydrogens is 372 g/mol. The molecule has 0 radical (unpaired) electrons. The number of carbonyl (C=O) groups excluding carboxylic acids is 1. The van der Waals surface area contributed by atoms with Gasteiger partial charge in [0.25, 0.3) is 5.91 Å². The van der Waals surface area contributed by atoms with E-state index < -0.39 is 0 Å². The highest BCUT2D eigenvalue weighted by Gasteiger charge is 2.33. The van der Waals surface area contributed by atoms with Crippen LogP contribution in [-0.2, 0) is 4.79 Å². The van der Waals surface area contributed by atoms with E-state index in [1.54, 1.807) is 17.2 Å². The summed E-state index contributed by atoms with van der Waals surface area (Å²) in [4.78, 5) is 19.4. The Morgan fingerprint density at radius 2 is 2.04 bits per heavy atom. The largest absolute Gasteiger partial charge is 0.462 e. The lowest BCUT2D eigenvalue weighted by atomic mass is 10.2. The zero-order valence-corrected chi connectivity index (χ0v) is 15.6. The number of hydrogen-bond donors (Lipinski definition) is 0. The minimum absolute atomic E-state index is 0.119. The van der Waals surface area contributed by atoms with Crippen molar-refractivity contribution in [1.82, 2.24) is 4.98 Å². The lowest BCUT2D eigenvalue weighted by Gasteiger charge is -2.14. The highest BCUT2D eigenvalue weighted by molar-refractivity contribution is 8.27. The van der Waals surface area contributed by atoms with E-state index in [1.807, 2.05) is 48.7 Å². The van der Waals surface area contributed by atoms with Crippen LogP contribution in [0.25, 0.3) is 16.8 Å². The summed E-state index contributed by atoms with van der Waals surface area (Å²) >= 11 is 8.16. The van der Waals surface area contributed by atoms with Crippen molar-refractivity contribution in [2.75, 3.05) is 4.90 Å². The second-order valence-corrected chi connectivity index (χ2v) is 7.94. The van der Waals surface area contributed by atoms with Crippen LogP contribution < -0.4 is 4.90 Å². The Morgan fingerprint density at radius 3 is 2.76 bits per heavy atom. The molecule has 1 amide bonds. The molecule has 4 nitrogen and oxygen atoms in total. The van der Waals surface area contributed by atoms with Crippen molar-refractivity contribution < 1.29 is 9.21 Å². The van der Waals surface area contributed by atoms with Crippen molar-refractivity contribution in [3.05, 3.63) is 64.2 Å². The van der Waals surface area contributed by atoms with Crippen molar-refractivity contribution >= 4 is 57.3 Å². The van der Waals surface area contributed by atoms with E-state index in [0.29, 0.717) is 9.23 Å². The van der Waals surface area contributed by atoms with Crippen molar-refractivity contribution in [2.45, 2.75) is 6.92 Å². The average molecular weight is 385 g/mol. The van der Waals surface area contributed by atoms with Crippen molar-refractivity contribution in [1.29, 1.82) is 0 Å². The van der Waals surface area contributed by atoms with Gasteiger partial charge in [0.05, 0.1) is 22.5 Å². The van der Waals surface area contributed by atoms with Crippen LogP contribution in [-0.4, -0.2) is 15.2 Å². The fourth-order valence-corrected chi connectivity index (χ4v) is 4.41. The molecule has 3 aromatic rings. The molecule has 0 bridgehead atoms. The number of carbonyl (C=O) groups is 1. The second-order valence-electron chi connectivity index (χ2n) is 5.41. The smallest absolute Gasteiger partial charge is 0.270 e. The first-order valence-electron chi connectivity index (χ1n) is 7.46. The Morgan fingerprint density at radius 1 is 1.24 bits per heavy atom. The molecule has 25 heavy (non-hydrogen) atoms. The quantitative estimate of drug-likeness (QED) is 0.463. The Bertz CT molecular complexity index is 972. The third-order valence-corrected chi connectivity index (χ3v) is 5.80. The summed E-state index contributed by atoms with van der Waals surface area (Å²) in [6.45, 7) is 2.01. The van der Waals surface area contributed by atoms with Gasteiger partial charge in [-0.05, 0) is 37.3 Å². The fourth-order valence-electron chi connectivity index (χ4n) is 2.38. The molecule has 4 rings (SSSR count). The lowest BCUT2D eigenvalue weighted by molar-refractivity contribution is -0.113. The molecule has 1 fully saturated rings. The van der Waals surface area contributed by atoms with Gasteiger partial charge in [0.15, 0.2) is 15.1 Å². The number of furan rings is 1. The molecular formula is C18H12N2O2S3. The van der Waals surface area contributed by atoms with Crippen LogP contribution in [0.5, 0.6) is 0 Å². The zero-order chi connectivity index (χ0) is 17.4. The molecule has 0 unspecified atom stereocenters. The predicted molar refractivity (Wildman–Crippen MR) is 107 cm³/mol. The lowest BCUT2D eigenvalue weighted by Crippen LogP contribution is -2.27. The SMILES string of the molecule is Cc1ccc(N2C(=O)/C(=C/c3csc(-c4ccco4)n3)SC2=S)cc1. The molecule has 0 aliphatic carbocycles. The molecule has 7 heteroatoms. The Hall–Kier alpha value is -2.22. The van der Waals surface area contributed by atoms with Crippen LogP contribution in [0, 0.1) is 6.92 Å². The molecule has 0 atom stereocenters. The van der Waals surface area contributed by atoms with Crippen LogP contribution in [0.2, 0.25) is 0 Å². The number of anilines is 1. The van der Waals surface area contributed by atoms with Gasteiger partial charge in [-0.15, -0.1) is 11.3 Å². The van der Waals surface area contributed by atoms with E-state index >= 15 is 0 Å². The number of aromatic nitrogens is 1. The number of amides is 1. The van der Waals surface area contributed by atoms with Crippen LogP contribution in [0.1, 0.15) is 11.3 Å². The maximum Gasteiger partial charge on any atom is 0.270 e. The summed E-state index contributed by atoms with van der Waals surface area (Å²) < 4.78 is 5.88. The van der Waals surface area contributed by atoms with Gasteiger partial charge in [-0.3, -0.25) is 9.69 Å². The number of nitrogens with zero attached hydrogens (tertiary/aromatic N) is 2. The third kappa shape index (κ3) is 3.18. The molecule has 2 aromatic heterocycles. The van der Waals surface area contributed by atoms with Crippen LogP contribution in [0.15, 0.2) is 57.4 Å². The van der Waals surface area contributed by atoms with Gasteiger partial charge in [-0.25, -0.2) is 4.98 Å². The molecule has 1 aromatic carbocycles. The topological polar surface area (TPSA) is 46.3 Å². The maximum atomic E-state index is 12.7. The molecule has 1 aliphatic rings. The van der Waals surface area contributed by atoms with Crippen LogP contribution in [0.4, 0.5) is 5.69 Å². The summed E-state index contributed by atoms with van der Waals surface area (Å²) in [7, 11) is 0. The number of hydrogen-bond acceptors (Lipinski definition) is 6. The van der Waals surface area contributed by atoms with Gasteiger partial charge >= 0.3 is 0 Å². The third-order valence-electron chi connectivity index (χ3n) is 3.62. The molecule has 0 saturated carbocycles. The summed E-state index contributed by atoms with van der Waals surface area (Å²) in [6.07, 6.45) is 3.39. The molecule has 3 heterocycles. The second kappa shape index (κ2) is 6.59. The van der Waals surface area contributed by atoms with E-state index in [0.717, 1.165) is 27.7 Å². The van der Waals surface area contributed by atoms with Crippen LogP contribution >= 0.6 is 35.3 Å². The van der Waals surface area contributed by atoms with Gasteiger partial charge in [-0.1, -0.05) is 41.7 Å². The Labute approximate surface area is 158 Å². The first kappa shape index (κ1) is 16.3. The highest BCUT2D eigenvalue weighted by Crippen LogP contribution is 2.36. The van der Waals surface area contributed by atoms with Gasteiger partial charge in [0.1, 0.15) is 0 Å². The van der Waals surface area contributed by atoms with Crippen molar-refractivity contribution in [2.24, 2.45) is 0 Å². The predicted octanol–water partition coefficient (Wildman–Crippen LogP) is 5.12. The molecule has 0 N–H and O–H groups in total. The molecule has 124 valence electrons. The van der Waals surface area contributed by atoms with E-state index in [1.165, 1.54) is 23.1 Å². The maximum absolute atomic E-state index is 12.7. The van der Waals surface area contributed by atoms with Gasteiger partial charge in [0.2, 0.25) is 0 Å². The summed E-state index contributed by atoms with van der Waals surface area (Å²) in [6, 6.07) is 11.4. The van der Waals surface area contributed by atoms with E-state index in [2.05, 4.69) is 4.98 Å². The van der Waals surface area contributed by atoms with Crippen molar-refractivity contribution in [3.8, 4) is 10.8 Å². The zero-order valence-electron chi connectivity index (χ0n) is 13.1. The Kier molecular flexibility index (Phi) is 4.29. The standard InChI is InChI=1S/C18H12N2O2S3/c1-11-4-6-13(7-5-11)20-17(21)15(25-18(20)23)9-12-10-24-16(19-12)14-3-2-8-22-14/h2-10H,1H3/b15-9-. The molecule has 1 saturated heterocycles. The van der Waals surface area contributed by atoms with Gasteiger partial charge in [0, 0.05) is 5.38 Å². The monoisotopic (exact) mass is 384 g/mol. The summed E-state index contributed by atoms with van der Waals surface area (Å²) in [5, 5.41) is 2.68. The number of rotatable bonds is 3. The van der Waals surface area contributed by atoms with E-state index in [4.69, 9.17) is 16.6 Å². The highest BCUT2D eigenvalue weighted by atomic mass is 32.2. The van der Waals surface area contributed by atoms with Crippen LogP contribution in [0.3, 0.4) is 0 Å². The number of aryl methyl sites for hydroxylation is 1. The summed E-state index contributed by atoms with van der Waals surface area (Å²) in [5.74, 6) is 0.600. The normalized spacial score (nSPS) is 16.2. The molecule has 0 spiro atoms. The van der Waals surface area contributed by atoms with E-state index in [9.17, 15) is 4.79 Å². The van der Waals surface area contributed by atoms with E-state index in [-0.39, 0.29) is 5.91 Å². The first-order valence-corrected chi connectivity index (χ1v) is 9.56. The molecule has 1 aliphatic heterocycles. The van der Waals surface area contributed by atoms with Gasteiger partial charge < -0.3 is 4.42 Å². The first-order chi connectivity index (χ1) is 12.1. The average Bonchev–Trinajstić information content (AvgIpc) is 3.31. The fraction of sp³-hybridized carbons (Fsp3) is 0.0556. The number of thiazole rings is 1. The number of thiocarbonyl (C=S) groups is 1. The van der Waals surface area contributed by atoms with Gasteiger partial charge in [-0.2, -0.15) is 0 Å². The Balaban J connectivity index is 1.61.